The quantitative estimate of drug-likeness (QED) is 0.680. The van der Waals surface area contributed by atoms with Gasteiger partial charge in [-0.15, -0.1) is 0 Å². The van der Waals surface area contributed by atoms with Crippen molar-refractivity contribution in [2.45, 2.75) is 6.54 Å². The largest absolute Gasteiger partial charge is 0.453 e. The zero-order valence-corrected chi connectivity index (χ0v) is 12.9. The number of ether oxygens (including phenoxy) is 1. The van der Waals surface area contributed by atoms with Crippen LogP contribution < -0.4 is 10.6 Å². The maximum atomic E-state index is 12.4. The molecule has 0 aliphatic rings. The Labute approximate surface area is 137 Å². The molecule has 0 bridgehead atoms. The predicted octanol–water partition coefficient (Wildman–Crippen LogP) is 2.07. The van der Waals surface area contributed by atoms with Gasteiger partial charge in [-0.3, -0.25) is 9.78 Å². The molecule has 2 aromatic heterocycles. The summed E-state index contributed by atoms with van der Waals surface area (Å²) in [7, 11) is 1.28. The first kappa shape index (κ1) is 15.5. The highest BCUT2D eigenvalue weighted by Gasteiger charge is 2.11. The van der Waals surface area contributed by atoms with Crippen molar-refractivity contribution in [3.63, 3.8) is 0 Å². The number of carbonyl (C=O) groups excluding carboxylic acids is 2. The fraction of sp³-hybridized carbons (Fsp3) is 0.125. The Morgan fingerprint density at radius 3 is 2.96 bits per heavy atom. The average molecular weight is 325 g/mol. The van der Waals surface area contributed by atoms with Gasteiger partial charge >= 0.3 is 6.09 Å². The summed E-state index contributed by atoms with van der Waals surface area (Å²) in [5, 5.41) is 5.35. The summed E-state index contributed by atoms with van der Waals surface area (Å²) in [6, 6.07) is 8.69. The maximum Gasteiger partial charge on any atom is 0.407 e. The number of carbonyl (C=O) groups is 2. The lowest BCUT2D eigenvalue weighted by Gasteiger charge is -2.08. The number of amides is 2. The number of anilines is 1. The molecule has 3 aromatic rings. The number of nitrogens with one attached hydrogen (secondary N) is 3. The van der Waals surface area contributed by atoms with E-state index in [-0.39, 0.29) is 12.5 Å². The Bertz CT molecular complexity index is 890. The van der Waals surface area contributed by atoms with Gasteiger partial charge in [-0.05, 0) is 24.3 Å². The van der Waals surface area contributed by atoms with Gasteiger partial charge in [-0.2, -0.15) is 0 Å². The molecule has 24 heavy (non-hydrogen) atoms. The fourth-order valence-electron chi connectivity index (χ4n) is 2.21. The van der Waals surface area contributed by atoms with Gasteiger partial charge in [0.25, 0.3) is 5.91 Å². The van der Waals surface area contributed by atoms with E-state index in [4.69, 9.17) is 0 Å². The van der Waals surface area contributed by atoms with Crippen LogP contribution in [0.2, 0.25) is 0 Å². The van der Waals surface area contributed by atoms with E-state index in [0.717, 1.165) is 5.52 Å². The van der Waals surface area contributed by atoms with E-state index in [2.05, 4.69) is 30.3 Å². The van der Waals surface area contributed by atoms with Gasteiger partial charge in [0.1, 0.15) is 5.52 Å². The summed E-state index contributed by atoms with van der Waals surface area (Å²) >= 11 is 0. The summed E-state index contributed by atoms with van der Waals surface area (Å²) in [5.74, 6) is -0.285. The third kappa shape index (κ3) is 3.32. The molecule has 0 atom stereocenters. The number of para-hydroxylation sites is 1. The molecular formula is C16H15N5O3. The molecule has 0 unspecified atom stereocenters. The number of imidazole rings is 1. The number of hydrogen-bond donors (Lipinski definition) is 3. The normalized spacial score (nSPS) is 10.4. The van der Waals surface area contributed by atoms with Crippen LogP contribution in [0.15, 0.2) is 42.9 Å². The summed E-state index contributed by atoms with van der Waals surface area (Å²) in [6.07, 6.45) is 2.53. The number of fused-ring (bicyclic) bond motifs is 1. The van der Waals surface area contributed by atoms with Crippen LogP contribution in [0, 0.1) is 0 Å². The molecule has 0 fully saturated rings. The SMILES string of the molecule is COC(=O)NCc1cc(C(=O)Nc2cccc3[nH]cnc23)ccn1. The lowest BCUT2D eigenvalue weighted by Crippen LogP contribution is -2.23. The van der Waals surface area contributed by atoms with Gasteiger partial charge in [0.15, 0.2) is 0 Å². The first-order valence-electron chi connectivity index (χ1n) is 7.17. The second-order valence-electron chi connectivity index (χ2n) is 4.94. The van der Waals surface area contributed by atoms with Gasteiger partial charge < -0.3 is 20.4 Å². The molecule has 8 nitrogen and oxygen atoms in total. The second-order valence-corrected chi connectivity index (χ2v) is 4.94. The number of aromatic amines is 1. The Hall–Kier alpha value is -3.42. The molecule has 2 amide bonds. The monoisotopic (exact) mass is 325 g/mol. The van der Waals surface area contributed by atoms with Crippen molar-refractivity contribution in [1.29, 1.82) is 0 Å². The highest BCUT2D eigenvalue weighted by molar-refractivity contribution is 6.07. The Kier molecular flexibility index (Phi) is 4.37. The van der Waals surface area contributed by atoms with Gasteiger partial charge in [0, 0.05) is 11.8 Å². The smallest absolute Gasteiger partial charge is 0.407 e. The minimum atomic E-state index is -0.558. The molecule has 0 saturated carbocycles. The van der Waals surface area contributed by atoms with Crippen molar-refractivity contribution >= 4 is 28.7 Å². The highest BCUT2D eigenvalue weighted by Crippen LogP contribution is 2.20. The van der Waals surface area contributed by atoms with E-state index in [0.29, 0.717) is 22.5 Å². The molecule has 3 N–H and O–H groups in total. The Morgan fingerprint density at radius 2 is 2.12 bits per heavy atom. The number of hydrogen-bond acceptors (Lipinski definition) is 5. The van der Waals surface area contributed by atoms with E-state index in [1.54, 1.807) is 24.5 Å². The minimum Gasteiger partial charge on any atom is -0.453 e. The molecule has 2 heterocycles. The molecule has 0 aliphatic heterocycles. The number of aromatic nitrogens is 3. The standard InChI is InChI=1S/C16H15N5O3/c1-24-16(23)18-8-11-7-10(5-6-17-11)15(22)21-13-4-2-3-12-14(13)20-9-19-12/h2-7,9H,8H2,1H3,(H,18,23)(H,19,20)(H,21,22). The van der Waals surface area contributed by atoms with Crippen LogP contribution in [-0.4, -0.2) is 34.1 Å². The van der Waals surface area contributed by atoms with Crippen molar-refractivity contribution in [3.05, 3.63) is 54.1 Å². The average Bonchev–Trinajstić information content (AvgIpc) is 3.09. The Balaban J connectivity index is 1.75. The van der Waals surface area contributed by atoms with Gasteiger partial charge in [0.2, 0.25) is 0 Å². The van der Waals surface area contributed by atoms with Gasteiger partial charge in [-0.1, -0.05) is 6.07 Å². The zero-order chi connectivity index (χ0) is 16.9. The molecule has 0 saturated heterocycles. The zero-order valence-electron chi connectivity index (χ0n) is 12.9. The molecule has 122 valence electrons. The topological polar surface area (TPSA) is 109 Å². The first-order valence-corrected chi connectivity index (χ1v) is 7.17. The molecule has 1 aromatic carbocycles. The number of alkyl carbamates (subject to hydrolysis) is 1. The van der Waals surface area contributed by atoms with E-state index in [1.165, 1.54) is 13.3 Å². The first-order chi connectivity index (χ1) is 11.7. The summed E-state index contributed by atoms with van der Waals surface area (Å²) in [6.45, 7) is 0.169. The van der Waals surface area contributed by atoms with Crippen molar-refractivity contribution in [1.82, 2.24) is 20.3 Å². The summed E-state index contributed by atoms with van der Waals surface area (Å²) in [5.41, 5.74) is 3.12. The number of rotatable bonds is 4. The number of benzene rings is 1. The van der Waals surface area contributed by atoms with Crippen LogP contribution in [0.1, 0.15) is 16.1 Å². The van der Waals surface area contributed by atoms with Crippen LogP contribution in [0.5, 0.6) is 0 Å². The van der Waals surface area contributed by atoms with E-state index in [1.807, 2.05) is 12.1 Å². The van der Waals surface area contributed by atoms with Crippen LogP contribution in [-0.2, 0) is 11.3 Å². The van der Waals surface area contributed by atoms with Crippen molar-refractivity contribution in [2.75, 3.05) is 12.4 Å². The van der Waals surface area contributed by atoms with Crippen LogP contribution in [0.3, 0.4) is 0 Å². The predicted molar refractivity (Wildman–Crippen MR) is 87.5 cm³/mol. The summed E-state index contributed by atoms with van der Waals surface area (Å²) < 4.78 is 4.49. The third-order valence-electron chi connectivity index (χ3n) is 3.38. The Morgan fingerprint density at radius 1 is 1.25 bits per heavy atom. The minimum absolute atomic E-state index is 0.169. The molecule has 3 rings (SSSR count). The second kappa shape index (κ2) is 6.78. The number of pyridine rings is 1. The number of nitrogens with zero attached hydrogens (tertiary/aromatic N) is 2. The maximum absolute atomic E-state index is 12.4. The molecule has 0 spiro atoms. The molecule has 8 heteroatoms. The highest BCUT2D eigenvalue weighted by atomic mass is 16.5. The number of H-pyrrole nitrogens is 1. The van der Waals surface area contributed by atoms with Crippen molar-refractivity contribution in [2.24, 2.45) is 0 Å². The van der Waals surface area contributed by atoms with Gasteiger partial charge in [0.05, 0.1) is 36.9 Å². The van der Waals surface area contributed by atoms with E-state index in [9.17, 15) is 9.59 Å². The van der Waals surface area contributed by atoms with Crippen molar-refractivity contribution in [3.8, 4) is 0 Å². The van der Waals surface area contributed by atoms with Crippen LogP contribution >= 0.6 is 0 Å². The summed E-state index contributed by atoms with van der Waals surface area (Å²) in [4.78, 5) is 34.8. The lowest BCUT2D eigenvalue weighted by atomic mass is 10.2. The fourth-order valence-corrected chi connectivity index (χ4v) is 2.21. The van der Waals surface area contributed by atoms with Crippen LogP contribution in [0.4, 0.5) is 10.5 Å². The van der Waals surface area contributed by atoms with E-state index >= 15 is 0 Å². The third-order valence-corrected chi connectivity index (χ3v) is 3.38. The molecular weight excluding hydrogens is 310 g/mol. The van der Waals surface area contributed by atoms with Crippen molar-refractivity contribution < 1.29 is 14.3 Å². The molecule has 0 radical (unpaired) electrons. The molecule has 0 aliphatic carbocycles. The lowest BCUT2D eigenvalue weighted by molar-refractivity contribution is 0.102. The number of methoxy groups -OCH3 is 1. The van der Waals surface area contributed by atoms with Gasteiger partial charge in [-0.25, -0.2) is 9.78 Å². The van der Waals surface area contributed by atoms with E-state index < -0.39 is 6.09 Å². The van der Waals surface area contributed by atoms with Crippen LogP contribution in [0.25, 0.3) is 11.0 Å².